The van der Waals surface area contributed by atoms with Crippen molar-refractivity contribution in [1.29, 1.82) is 0 Å². The number of ketones is 1. The zero-order valence-electron chi connectivity index (χ0n) is 9.04. The van der Waals surface area contributed by atoms with Gasteiger partial charge in [0.15, 0.2) is 0 Å². The van der Waals surface area contributed by atoms with Gasteiger partial charge in [-0.2, -0.15) is 0 Å². The van der Waals surface area contributed by atoms with Gasteiger partial charge in [-0.05, 0) is 19.8 Å². The fourth-order valence-electron chi connectivity index (χ4n) is 1.03. The lowest BCUT2D eigenvalue weighted by Crippen LogP contribution is -2.24. The number of Topliss-reactive ketones (excluding diaryl/α,β-unsaturated/α-hetero) is 1. The van der Waals surface area contributed by atoms with Gasteiger partial charge in [0.1, 0.15) is 5.78 Å². The average molecular weight is 214 g/mol. The SMILES string of the molecule is CC(=O)CCC(=O)NCCCCC(N)=O. The minimum absolute atomic E-state index is 0.0129. The van der Waals surface area contributed by atoms with Crippen LogP contribution in [0.2, 0.25) is 0 Å². The van der Waals surface area contributed by atoms with E-state index in [0.29, 0.717) is 19.4 Å². The van der Waals surface area contributed by atoms with Crippen molar-refractivity contribution in [1.82, 2.24) is 5.32 Å². The summed E-state index contributed by atoms with van der Waals surface area (Å²) >= 11 is 0. The van der Waals surface area contributed by atoms with E-state index in [2.05, 4.69) is 5.32 Å². The third kappa shape index (κ3) is 10.5. The van der Waals surface area contributed by atoms with E-state index >= 15 is 0 Å². The molecule has 15 heavy (non-hydrogen) atoms. The summed E-state index contributed by atoms with van der Waals surface area (Å²) in [7, 11) is 0. The van der Waals surface area contributed by atoms with Gasteiger partial charge in [-0.1, -0.05) is 0 Å². The summed E-state index contributed by atoms with van der Waals surface area (Å²) in [6, 6.07) is 0. The predicted octanol–water partition coefficient (Wildman–Crippen LogP) is 0.127. The quantitative estimate of drug-likeness (QED) is 0.563. The topological polar surface area (TPSA) is 89.3 Å². The first kappa shape index (κ1) is 13.6. The Morgan fingerprint density at radius 1 is 1.07 bits per heavy atom. The first-order chi connectivity index (χ1) is 7.02. The number of primary amides is 1. The third-order valence-corrected chi connectivity index (χ3v) is 1.88. The van der Waals surface area contributed by atoms with Gasteiger partial charge in [-0.3, -0.25) is 9.59 Å². The first-order valence-electron chi connectivity index (χ1n) is 5.07. The molecule has 0 aliphatic rings. The number of hydrogen-bond acceptors (Lipinski definition) is 3. The number of rotatable bonds is 8. The second-order valence-electron chi connectivity index (χ2n) is 3.48. The van der Waals surface area contributed by atoms with Crippen LogP contribution in [0.15, 0.2) is 0 Å². The highest BCUT2D eigenvalue weighted by molar-refractivity contribution is 5.83. The molecule has 0 rings (SSSR count). The molecule has 3 N–H and O–H groups in total. The van der Waals surface area contributed by atoms with Crippen molar-refractivity contribution in [2.75, 3.05) is 6.54 Å². The minimum Gasteiger partial charge on any atom is -0.370 e. The van der Waals surface area contributed by atoms with Gasteiger partial charge in [0, 0.05) is 25.8 Å². The molecule has 0 aromatic heterocycles. The number of amides is 2. The van der Waals surface area contributed by atoms with Crippen molar-refractivity contribution >= 4 is 17.6 Å². The molecule has 2 amide bonds. The Labute approximate surface area is 89.4 Å². The third-order valence-electron chi connectivity index (χ3n) is 1.88. The van der Waals surface area contributed by atoms with Crippen molar-refractivity contribution in [3.63, 3.8) is 0 Å². The maximum absolute atomic E-state index is 11.1. The van der Waals surface area contributed by atoms with Gasteiger partial charge in [0.25, 0.3) is 0 Å². The van der Waals surface area contributed by atoms with Crippen LogP contribution in [0.5, 0.6) is 0 Å². The summed E-state index contributed by atoms with van der Waals surface area (Å²) in [5, 5.41) is 2.67. The van der Waals surface area contributed by atoms with E-state index < -0.39 is 0 Å². The molecule has 5 heteroatoms. The molecular formula is C10H18N2O3. The second kappa shape index (κ2) is 7.96. The maximum atomic E-state index is 11.1. The lowest BCUT2D eigenvalue weighted by atomic mass is 10.2. The van der Waals surface area contributed by atoms with Crippen molar-refractivity contribution in [2.24, 2.45) is 5.73 Å². The lowest BCUT2D eigenvalue weighted by molar-refractivity contribution is -0.124. The second-order valence-corrected chi connectivity index (χ2v) is 3.48. The fourth-order valence-corrected chi connectivity index (χ4v) is 1.03. The molecule has 0 saturated carbocycles. The molecule has 0 aliphatic heterocycles. The van der Waals surface area contributed by atoms with E-state index in [0.717, 1.165) is 6.42 Å². The molecule has 0 atom stereocenters. The smallest absolute Gasteiger partial charge is 0.220 e. The molecule has 0 radical (unpaired) electrons. The highest BCUT2D eigenvalue weighted by Gasteiger charge is 2.02. The molecule has 0 bridgehead atoms. The van der Waals surface area contributed by atoms with Crippen molar-refractivity contribution < 1.29 is 14.4 Å². The summed E-state index contributed by atoms with van der Waals surface area (Å²) in [4.78, 5) is 32.0. The number of carbonyl (C=O) groups excluding carboxylic acids is 3. The molecular weight excluding hydrogens is 196 g/mol. The van der Waals surface area contributed by atoms with Crippen LogP contribution in [0.1, 0.15) is 39.0 Å². The number of unbranched alkanes of at least 4 members (excludes halogenated alkanes) is 1. The van der Waals surface area contributed by atoms with Crippen LogP contribution in [0, 0.1) is 0 Å². The molecule has 86 valence electrons. The Morgan fingerprint density at radius 2 is 1.73 bits per heavy atom. The Hall–Kier alpha value is -1.39. The van der Waals surface area contributed by atoms with Crippen molar-refractivity contribution in [3.05, 3.63) is 0 Å². The lowest BCUT2D eigenvalue weighted by Gasteiger charge is -2.03. The monoisotopic (exact) mass is 214 g/mol. The van der Waals surface area contributed by atoms with E-state index in [1.165, 1.54) is 6.92 Å². The van der Waals surface area contributed by atoms with Crippen LogP contribution in [0.25, 0.3) is 0 Å². The molecule has 5 nitrogen and oxygen atoms in total. The van der Waals surface area contributed by atoms with Crippen LogP contribution < -0.4 is 11.1 Å². The summed E-state index contributed by atoms with van der Waals surface area (Å²) in [5.74, 6) is -0.430. The van der Waals surface area contributed by atoms with Gasteiger partial charge in [0.2, 0.25) is 11.8 Å². The summed E-state index contributed by atoms with van der Waals surface area (Å²) in [6.45, 7) is 1.99. The van der Waals surface area contributed by atoms with Crippen LogP contribution >= 0.6 is 0 Å². The maximum Gasteiger partial charge on any atom is 0.220 e. The number of hydrogen-bond donors (Lipinski definition) is 2. The summed E-state index contributed by atoms with van der Waals surface area (Å²) < 4.78 is 0. The molecule has 0 aliphatic carbocycles. The predicted molar refractivity (Wildman–Crippen MR) is 56.0 cm³/mol. The highest BCUT2D eigenvalue weighted by Crippen LogP contribution is 1.94. The van der Waals surface area contributed by atoms with Crippen LogP contribution in [-0.4, -0.2) is 24.1 Å². The van der Waals surface area contributed by atoms with Crippen LogP contribution in [-0.2, 0) is 14.4 Å². The van der Waals surface area contributed by atoms with E-state index in [1.807, 2.05) is 0 Å². The first-order valence-corrected chi connectivity index (χ1v) is 5.07. The highest BCUT2D eigenvalue weighted by atomic mass is 16.2. The molecule has 0 saturated heterocycles. The Morgan fingerprint density at radius 3 is 2.27 bits per heavy atom. The van der Waals surface area contributed by atoms with E-state index in [9.17, 15) is 14.4 Å². The normalized spacial score (nSPS) is 9.67. The zero-order chi connectivity index (χ0) is 11.7. The standard InChI is InChI=1S/C10H18N2O3/c1-8(13)5-6-10(15)12-7-3-2-4-9(11)14/h2-7H2,1H3,(H2,11,14)(H,12,15). The molecule has 0 aromatic carbocycles. The number of carbonyl (C=O) groups is 3. The van der Waals surface area contributed by atoms with Gasteiger partial charge >= 0.3 is 0 Å². The largest absolute Gasteiger partial charge is 0.370 e. The zero-order valence-corrected chi connectivity index (χ0v) is 9.04. The van der Waals surface area contributed by atoms with Gasteiger partial charge < -0.3 is 15.8 Å². The molecule has 0 fully saturated rings. The summed E-state index contributed by atoms with van der Waals surface area (Å²) in [5.41, 5.74) is 4.95. The van der Waals surface area contributed by atoms with E-state index in [4.69, 9.17) is 5.73 Å². The van der Waals surface area contributed by atoms with E-state index in [-0.39, 0.29) is 30.4 Å². The average Bonchev–Trinajstić information content (AvgIpc) is 2.13. The minimum atomic E-state index is -0.321. The summed E-state index contributed by atoms with van der Waals surface area (Å²) in [6.07, 6.45) is 2.29. The van der Waals surface area contributed by atoms with Crippen molar-refractivity contribution in [2.45, 2.75) is 39.0 Å². The molecule has 0 spiro atoms. The Balaban J connectivity index is 3.31. The molecule has 0 unspecified atom stereocenters. The molecule has 0 aromatic rings. The Bertz CT molecular complexity index is 239. The van der Waals surface area contributed by atoms with Gasteiger partial charge in [-0.25, -0.2) is 0 Å². The van der Waals surface area contributed by atoms with Crippen LogP contribution in [0.4, 0.5) is 0 Å². The van der Waals surface area contributed by atoms with E-state index in [1.54, 1.807) is 0 Å². The Kier molecular flexibility index (Phi) is 7.23. The number of nitrogens with one attached hydrogen (secondary N) is 1. The van der Waals surface area contributed by atoms with Crippen molar-refractivity contribution in [3.8, 4) is 0 Å². The fraction of sp³-hybridized carbons (Fsp3) is 0.700. The number of nitrogens with two attached hydrogens (primary N) is 1. The van der Waals surface area contributed by atoms with Gasteiger partial charge in [0.05, 0.1) is 0 Å². The van der Waals surface area contributed by atoms with Crippen LogP contribution in [0.3, 0.4) is 0 Å². The molecule has 0 heterocycles. The van der Waals surface area contributed by atoms with Gasteiger partial charge in [-0.15, -0.1) is 0 Å².